The van der Waals surface area contributed by atoms with Crippen molar-refractivity contribution in [3.63, 3.8) is 0 Å². The van der Waals surface area contributed by atoms with E-state index >= 15 is 0 Å². The van der Waals surface area contributed by atoms with Crippen LogP contribution < -0.4 is 20.3 Å². The summed E-state index contributed by atoms with van der Waals surface area (Å²) in [6.45, 7) is 6.68. The zero-order valence-electron chi connectivity index (χ0n) is 21.7. The van der Waals surface area contributed by atoms with Crippen molar-refractivity contribution in [1.29, 1.82) is 0 Å². The number of nitrogens with zero attached hydrogens (tertiary/aromatic N) is 2. The number of alkyl halides is 3. The number of carbonyl (C=O) groups is 2. The van der Waals surface area contributed by atoms with Crippen molar-refractivity contribution in [2.24, 2.45) is 0 Å². The molecule has 2 aromatic rings. The number of rotatable bonds is 7. The fraction of sp³-hybridized carbons (Fsp3) is 0.519. The summed E-state index contributed by atoms with van der Waals surface area (Å²) < 4.78 is 46.1. The molecule has 0 unspecified atom stereocenters. The van der Waals surface area contributed by atoms with Crippen molar-refractivity contribution in [1.82, 2.24) is 15.6 Å². The molecule has 7 nitrogen and oxygen atoms in total. The second-order valence-corrected chi connectivity index (χ2v) is 11.2. The number of ether oxygens (including phenoxy) is 1. The normalized spacial score (nSPS) is 21.4. The average Bonchev–Trinajstić information content (AvgIpc) is 3.09. The van der Waals surface area contributed by atoms with E-state index in [2.05, 4.69) is 20.5 Å². The summed E-state index contributed by atoms with van der Waals surface area (Å²) in [5.74, 6) is -0.325. The van der Waals surface area contributed by atoms with Crippen LogP contribution in [0.4, 0.5) is 19.0 Å². The first-order valence-corrected chi connectivity index (χ1v) is 13.0. The highest BCUT2D eigenvalue weighted by Gasteiger charge is 2.44. The molecule has 2 saturated heterocycles. The topological polar surface area (TPSA) is 83.6 Å². The van der Waals surface area contributed by atoms with E-state index in [-0.39, 0.29) is 35.1 Å². The molecule has 206 valence electrons. The van der Waals surface area contributed by atoms with Crippen LogP contribution in [0.2, 0.25) is 5.02 Å². The molecule has 38 heavy (non-hydrogen) atoms. The highest BCUT2D eigenvalue weighted by Crippen LogP contribution is 2.40. The third kappa shape index (κ3) is 6.17. The van der Waals surface area contributed by atoms with Gasteiger partial charge in [0, 0.05) is 35.4 Å². The van der Waals surface area contributed by atoms with Gasteiger partial charge in [-0.05, 0) is 83.7 Å². The number of piperidine rings is 1. The lowest BCUT2D eigenvalue weighted by Crippen LogP contribution is -2.55. The minimum Gasteiger partial charge on any atom is -0.477 e. The van der Waals surface area contributed by atoms with Gasteiger partial charge in [0.15, 0.2) is 5.60 Å². The molecule has 1 aromatic carbocycles. The SMILES string of the molecule is CC(C)NC(=O)c1ccc(N2[C@@H]3CC[C@H]2C[C@@H](NC(=O)C(C)(C)Oc2ccc(Cl)cc2C(F)(F)F)C3)nc1. The molecule has 1 aromatic heterocycles. The third-order valence-corrected chi connectivity index (χ3v) is 7.16. The van der Waals surface area contributed by atoms with Crippen molar-refractivity contribution in [3.05, 3.63) is 52.7 Å². The van der Waals surface area contributed by atoms with E-state index in [4.69, 9.17) is 16.3 Å². The first-order valence-electron chi connectivity index (χ1n) is 12.7. The smallest absolute Gasteiger partial charge is 0.420 e. The van der Waals surface area contributed by atoms with Gasteiger partial charge in [0.25, 0.3) is 11.8 Å². The van der Waals surface area contributed by atoms with E-state index < -0.39 is 29.0 Å². The van der Waals surface area contributed by atoms with E-state index in [1.54, 1.807) is 12.3 Å². The second-order valence-electron chi connectivity index (χ2n) is 10.7. The van der Waals surface area contributed by atoms with Crippen LogP contribution in [0.5, 0.6) is 5.75 Å². The van der Waals surface area contributed by atoms with Gasteiger partial charge in [-0.2, -0.15) is 13.2 Å². The monoisotopic (exact) mass is 552 g/mol. The number of anilines is 1. The molecule has 0 aliphatic carbocycles. The average molecular weight is 553 g/mol. The lowest BCUT2D eigenvalue weighted by Gasteiger charge is -2.41. The summed E-state index contributed by atoms with van der Waals surface area (Å²) in [5.41, 5.74) is -2.08. The zero-order valence-corrected chi connectivity index (χ0v) is 22.5. The summed E-state index contributed by atoms with van der Waals surface area (Å²) in [4.78, 5) is 32.1. The molecule has 3 heterocycles. The van der Waals surface area contributed by atoms with Crippen molar-refractivity contribution in [2.75, 3.05) is 4.90 Å². The molecule has 2 N–H and O–H groups in total. The maximum Gasteiger partial charge on any atom is 0.420 e. The van der Waals surface area contributed by atoms with Gasteiger partial charge in [-0.1, -0.05) is 11.6 Å². The molecule has 0 saturated carbocycles. The van der Waals surface area contributed by atoms with Gasteiger partial charge in [0.2, 0.25) is 0 Å². The molecular weight excluding hydrogens is 521 g/mol. The highest BCUT2D eigenvalue weighted by atomic mass is 35.5. The van der Waals surface area contributed by atoms with Gasteiger partial charge in [-0.25, -0.2) is 4.98 Å². The Balaban J connectivity index is 1.40. The maximum atomic E-state index is 13.5. The van der Waals surface area contributed by atoms with Crippen molar-refractivity contribution < 1.29 is 27.5 Å². The first-order chi connectivity index (χ1) is 17.7. The van der Waals surface area contributed by atoms with E-state index in [1.807, 2.05) is 19.9 Å². The van der Waals surface area contributed by atoms with Gasteiger partial charge in [-0.3, -0.25) is 9.59 Å². The molecule has 3 atom stereocenters. The number of fused-ring (bicyclic) bond motifs is 2. The van der Waals surface area contributed by atoms with Gasteiger partial charge < -0.3 is 20.3 Å². The number of nitrogens with one attached hydrogen (secondary N) is 2. The van der Waals surface area contributed by atoms with Crippen LogP contribution in [0.15, 0.2) is 36.5 Å². The van der Waals surface area contributed by atoms with Crippen LogP contribution in [0, 0.1) is 0 Å². The minimum atomic E-state index is -4.68. The Morgan fingerprint density at radius 1 is 1.11 bits per heavy atom. The molecule has 2 fully saturated rings. The fourth-order valence-electron chi connectivity index (χ4n) is 5.18. The number of hydrogen-bond donors (Lipinski definition) is 2. The van der Waals surface area contributed by atoms with Crippen molar-refractivity contribution in [2.45, 2.75) is 89.3 Å². The maximum absolute atomic E-state index is 13.5. The Morgan fingerprint density at radius 2 is 1.76 bits per heavy atom. The molecule has 2 aliphatic rings. The molecule has 4 rings (SSSR count). The lowest BCUT2D eigenvalue weighted by molar-refractivity contribution is -0.143. The molecule has 0 spiro atoms. The Morgan fingerprint density at radius 3 is 2.32 bits per heavy atom. The lowest BCUT2D eigenvalue weighted by atomic mass is 9.96. The molecule has 2 amide bonds. The number of benzene rings is 1. The zero-order chi connectivity index (χ0) is 27.8. The van der Waals surface area contributed by atoms with Gasteiger partial charge in [-0.15, -0.1) is 0 Å². The summed E-state index contributed by atoms with van der Waals surface area (Å²) in [5, 5.41) is 5.77. The van der Waals surface area contributed by atoms with Crippen molar-refractivity contribution >= 4 is 29.2 Å². The second kappa shape index (κ2) is 10.6. The third-order valence-electron chi connectivity index (χ3n) is 6.92. The fourth-order valence-corrected chi connectivity index (χ4v) is 5.35. The summed E-state index contributed by atoms with van der Waals surface area (Å²) >= 11 is 5.75. The number of hydrogen-bond acceptors (Lipinski definition) is 5. The van der Waals surface area contributed by atoms with E-state index in [9.17, 15) is 22.8 Å². The van der Waals surface area contributed by atoms with Gasteiger partial charge in [0.05, 0.1) is 11.1 Å². The minimum absolute atomic E-state index is 0.0283. The Hall–Kier alpha value is -3.01. The highest BCUT2D eigenvalue weighted by molar-refractivity contribution is 6.30. The summed E-state index contributed by atoms with van der Waals surface area (Å²) in [7, 11) is 0. The Bertz CT molecular complexity index is 1170. The predicted octanol–water partition coefficient (Wildman–Crippen LogP) is 5.37. The van der Waals surface area contributed by atoms with E-state index in [1.165, 1.54) is 19.9 Å². The number of carbonyl (C=O) groups excluding carboxylic acids is 2. The summed E-state index contributed by atoms with van der Waals surface area (Å²) in [6, 6.07) is 7.00. The number of pyridine rings is 1. The van der Waals surface area contributed by atoms with Crippen LogP contribution in [-0.4, -0.2) is 46.6 Å². The molecule has 0 radical (unpaired) electrons. The van der Waals surface area contributed by atoms with Crippen LogP contribution in [-0.2, 0) is 11.0 Å². The van der Waals surface area contributed by atoms with Gasteiger partial charge >= 0.3 is 6.18 Å². The van der Waals surface area contributed by atoms with Gasteiger partial charge in [0.1, 0.15) is 11.6 Å². The van der Waals surface area contributed by atoms with Crippen LogP contribution >= 0.6 is 11.6 Å². The standard InChI is InChI=1S/C27H32ClF3N4O3/c1-15(2)33-24(36)16-5-10-23(32-14-16)35-19-7-8-20(35)13-18(12-19)34-25(37)26(3,4)38-22-9-6-17(28)11-21(22)27(29,30)31/h5-6,9-11,14-15,18-20H,7-8,12-13H2,1-4H3,(H,33,36)(H,34,37)/t18-,19+,20-. The predicted molar refractivity (Wildman–Crippen MR) is 138 cm³/mol. The quantitative estimate of drug-likeness (QED) is 0.483. The molecule has 2 aliphatic heterocycles. The van der Waals surface area contributed by atoms with Crippen LogP contribution in [0.1, 0.15) is 69.3 Å². The van der Waals surface area contributed by atoms with Crippen molar-refractivity contribution in [3.8, 4) is 5.75 Å². The molecule has 2 bridgehead atoms. The van der Waals surface area contributed by atoms with Crippen LogP contribution in [0.3, 0.4) is 0 Å². The number of amides is 2. The van der Waals surface area contributed by atoms with Crippen LogP contribution in [0.25, 0.3) is 0 Å². The Labute approximate surface area is 225 Å². The number of aromatic nitrogens is 1. The molecule has 11 heteroatoms. The largest absolute Gasteiger partial charge is 0.477 e. The molecular formula is C27H32ClF3N4O3. The Kier molecular flexibility index (Phi) is 7.84. The summed E-state index contributed by atoms with van der Waals surface area (Å²) in [6.07, 6.45) is 0.117. The number of halogens is 4. The van der Waals surface area contributed by atoms with E-state index in [0.717, 1.165) is 30.8 Å². The van der Waals surface area contributed by atoms with E-state index in [0.29, 0.717) is 18.4 Å². The first kappa shape index (κ1) is 28.0.